The summed E-state index contributed by atoms with van der Waals surface area (Å²) in [5.41, 5.74) is 4.26. The standard InChI is InChI=1S/C23H19FN4O2/c1-27-11-17-7-14(5-6-21(17)26-27)15-3-4-16(20(24)8-15)12-28-13-22-19(23(28)29)9-18(30-2)10-25-22/h3-11H,12-13H2,1-2H3. The van der Waals surface area contributed by atoms with Crippen molar-refractivity contribution >= 4 is 16.8 Å². The van der Waals surface area contributed by atoms with E-state index in [2.05, 4.69) is 10.1 Å². The zero-order valence-corrected chi connectivity index (χ0v) is 16.6. The van der Waals surface area contributed by atoms with Crippen LogP contribution in [0.3, 0.4) is 0 Å². The molecular weight excluding hydrogens is 383 g/mol. The molecule has 0 atom stereocenters. The van der Waals surface area contributed by atoms with Crippen LogP contribution in [0.1, 0.15) is 21.6 Å². The first-order chi connectivity index (χ1) is 14.5. The van der Waals surface area contributed by atoms with E-state index in [0.717, 1.165) is 22.0 Å². The Kier molecular flexibility index (Phi) is 4.24. The lowest BCUT2D eigenvalue weighted by molar-refractivity contribution is 0.0764. The Morgan fingerprint density at radius 3 is 2.73 bits per heavy atom. The number of nitrogens with zero attached hydrogens (tertiary/aromatic N) is 4. The Morgan fingerprint density at radius 2 is 1.93 bits per heavy atom. The maximum absolute atomic E-state index is 14.9. The van der Waals surface area contributed by atoms with Crippen LogP contribution in [0, 0.1) is 5.82 Å². The highest BCUT2D eigenvalue weighted by atomic mass is 19.1. The van der Waals surface area contributed by atoms with Crippen LogP contribution < -0.4 is 4.74 Å². The quantitative estimate of drug-likeness (QED) is 0.519. The molecule has 0 saturated carbocycles. The van der Waals surface area contributed by atoms with Gasteiger partial charge in [-0.25, -0.2) is 4.39 Å². The number of hydrogen-bond donors (Lipinski definition) is 0. The molecule has 0 saturated heterocycles. The monoisotopic (exact) mass is 402 g/mol. The van der Waals surface area contributed by atoms with Crippen molar-refractivity contribution < 1.29 is 13.9 Å². The molecule has 5 rings (SSSR count). The first kappa shape index (κ1) is 18.3. The van der Waals surface area contributed by atoms with Crippen molar-refractivity contribution in [1.82, 2.24) is 19.7 Å². The molecule has 7 heteroatoms. The number of hydrogen-bond acceptors (Lipinski definition) is 4. The number of rotatable bonds is 4. The van der Waals surface area contributed by atoms with E-state index >= 15 is 0 Å². The number of aryl methyl sites for hydroxylation is 1. The zero-order chi connectivity index (χ0) is 20.8. The molecule has 0 aliphatic carbocycles. The van der Waals surface area contributed by atoms with Gasteiger partial charge in [-0.3, -0.25) is 14.5 Å². The summed E-state index contributed by atoms with van der Waals surface area (Å²) >= 11 is 0. The third-order valence-electron chi connectivity index (χ3n) is 5.41. The average molecular weight is 402 g/mol. The molecule has 2 aromatic carbocycles. The predicted octanol–water partition coefficient (Wildman–Crippen LogP) is 3.94. The molecular formula is C23H19FN4O2. The Hall–Kier alpha value is -3.74. The van der Waals surface area contributed by atoms with Gasteiger partial charge in [-0.2, -0.15) is 5.10 Å². The zero-order valence-electron chi connectivity index (χ0n) is 16.6. The van der Waals surface area contributed by atoms with Crippen molar-refractivity contribution in [1.29, 1.82) is 0 Å². The van der Waals surface area contributed by atoms with Gasteiger partial charge in [-0.1, -0.05) is 18.2 Å². The smallest absolute Gasteiger partial charge is 0.256 e. The van der Waals surface area contributed by atoms with Crippen LogP contribution in [-0.4, -0.2) is 32.7 Å². The molecule has 4 aromatic rings. The number of aromatic nitrogens is 3. The summed E-state index contributed by atoms with van der Waals surface area (Å²) in [5.74, 6) is 0.0278. The average Bonchev–Trinajstić information content (AvgIpc) is 3.27. The molecule has 1 amide bonds. The molecule has 0 spiro atoms. The van der Waals surface area contributed by atoms with Gasteiger partial charge in [0.15, 0.2) is 0 Å². The third-order valence-corrected chi connectivity index (χ3v) is 5.41. The van der Waals surface area contributed by atoms with Crippen LogP contribution in [0.4, 0.5) is 4.39 Å². The summed E-state index contributed by atoms with van der Waals surface area (Å²) in [6.07, 6.45) is 3.52. The Bertz CT molecular complexity index is 1300. The molecule has 0 radical (unpaired) electrons. The van der Waals surface area contributed by atoms with E-state index in [9.17, 15) is 9.18 Å². The topological polar surface area (TPSA) is 60.2 Å². The van der Waals surface area contributed by atoms with Gasteiger partial charge in [0.25, 0.3) is 5.91 Å². The van der Waals surface area contributed by atoms with Crippen LogP contribution >= 0.6 is 0 Å². The van der Waals surface area contributed by atoms with E-state index in [1.165, 1.54) is 13.2 Å². The van der Waals surface area contributed by atoms with Crippen LogP contribution in [0.15, 0.2) is 54.9 Å². The molecule has 0 bridgehead atoms. The number of benzene rings is 2. The fraction of sp³-hybridized carbons (Fsp3) is 0.174. The molecule has 30 heavy (non-hydrogen) atoms. The van der Waals surface area contributed by atoms with E-state index in [0.29, 0.717) is 29.1 Å². The first-order valence-corrected chi connectivity index (χ1v) is 9.56. The minimum absolute atomic E-state index is 0.165. The molecule has 1 aliphatic heterocycles. The van der Waals surface area contributed by atoms with Gasteiger partial charge in [0.2, 0.25) is 0 Å². The number of carbonyl (C=O) groups is 1. The summed E-state index contributed by atoms with van der Waals surface area (Å²) < 4.78 is 21.8. The lowest BCUT2D eigenvalue weighted by atomic mass is 10.0. The van der Waals surface area contributed by atoms with Gasteiger partial charge in [0.05, 0.1) is 36.6 Å². The Balaban J connectivity index is 1.39. The third kappa shape index (κ3) is 3.08. The van der Waals surface area contributed by atoms with Gasteiger partial charge in [0, 0.05) is 30.7 Å². The fourth-order valence-corrected chi connectivity index (χ4v) is 3.84. The number of halogens is 1. The summed E-state index contributed by atoms with van der Waals surface area (Å²) in [6.45, 7) is 0.544. The number of carbonyl (C=O) groups excluding carboxylic acids is 1. The lowest BCUT2D eigenvalue weighted by Gasteiger charge is -2.16. The van der Waals surface area contributed by atoms with E-state index in [1.807, 2.05) is 37.5 Å². The highest BCUT2D eigenvalue weighted by molar-refractivity contribution is 5.98. The second-order valence-corrected chi connectivity index (χ2v) is 7.41. The van der Waals surface area contributed by atoms with Crippen molar-refractivity contribution in [2.75, 3.05) is 7.11 Å². The number of ether oxygens (including phenoxy) is 1. The molecule has 6 nitrogen and oxygen atoms in total. The normalized spacial score (nSPS) is 13.2. The summed E-state index contributed by atoms with van der Waals surface area (Å²) in [4.78, 5) is 18.6. The van der Waals surface area contributed by atoms with Crippen molar-refractivity contribution in [3.63, 3.8) is 0 Å². The highest BCUT2D eigenvalue weighted by Crippen LogP contribution is 2.29. The lowest BCUT2D eigenvalue weighted by Crippen LogP contribution is -2.23. The van der Waals surface area contributed by atoms with E-state index < -0.39 is 0 Å². The van der Waals surface area contributed by atoms with Crippen molar-refractivity contribution in [2.45, 2.75) is 13.1 Å². The maximum Gasteiger partial charge on any atom is 0.256 e. The predicted molar refractivity (Wildman–Crippen MR) is 110 cm³/mol. The molecule has 3 heterocycles. The molecule has 2 aromatic heterocycles. The molecule has 150 valence electrons. The van der Waals surface area contributed by atoms with Crippen molar-refractivity contribution in [2.24, 2.45) is 7.05 Å². The summed E-state index contributed by atoms with van der Waals surface area (Å²) in [7, 11) is 3.40. The number of fused-ring (bicyclic) bond motifs is 2. The summed E-state index contributed by atoms with van der Waals surface area (Å²) in [5, 5.41) is 5.37. The summed E-state index contributed by atoms with van der Waals surface area (Å²) in [6, 6.07) is 12.7. The molecule has 0 N–H and O–H groups in total. The minimum atomic E-state index is -0.340. The largest absolute Gasteiger partial charge is 0.495 e. The van der Waals surface area contributed by atoms with Gasteiger partial charge in [-0.15, -0.1) is 0 Å². The number of amides is 1. The van der Waals surface area contributed by atoms with Crippen molar-refractivity contribution in [3.8, 4) is 16.9 Å². The second kappa shape index (κ2) is 6.95. The SMILES string of the molecule is COc1cnc2c(c1)C(=O)N(Cc1ccc(-c3ccc4nn(C)cc4c3)cc1F)C2. The van der Waals surface area contributed by atoms with Gasteiger partial charge in [0.1, 0.15) is 11.6 Å². The Labute approximate surface area is 172 Å². The van der Waals surface area contributed by atoms with Crippen LogP contribution in [-0.2, 0) is 20.1 Å². The van der Waals surface area contributed by atoms with Crippen molar-refractivity contribution in [3.05, 3.63) is 77.5 Å². The Morgan fingerprint density at radius 1 is 1.13 bits per heavy atom. The van der Waals surface area contributed by atoms with E-state index in [1.54, 1.807) is 27.9 Å². The minimum Gasteiger partial charge on any atom is -0.495 e. The molecule has 1 aliphatic rings. The molecule has 0 fully saturated rings. The van der Waals surface area contributed by atoms with Crippen LogP contribution in [0.25, 0.3) is 22.0 Å². The van der Waals surface area contributed by atoms with E-state index in [4.69, 9.17) is 4.74 Å². The molecule has 0 unspecified atom stereocenters. The van der Waals surface area contributed by atoms with Gasteiger partial charge >= 0.3 is 0 Å². The van der Waals surface area contributed by atoms with Crippen LogP contribution in [0.5, 0.6) is 5.75 Å². The number of pyridine rings is 1. The van der Waals surface area contributed by atoms with E-state index in [-0.39, 0.29) is 18.3 Å². The highest BCUT2D eigenvalue weighted by Gasteiger charge is 2.29. The maximum atomic E-state index is 14.9. The first-order valence-electron chi connectivity index (χ1n) is 9.56. The van der Waals surface area contributed by atoms with Gasteiger partial charge in [-0.05, 0) is 35.4 Å². The number of methoxy groups -OCH3 is 1. The second-order valence-electron chi connectivity index (χ2n) is 7.41. The fourth-order valence-electron chi connectivity index (χ4n) is 3.84. The van der Waals surface area contributed by atoms with Crippen LogP contribution in [0.2, 0.25) is 0 Å². The van der Waals surface area contributed by atoms with Gasteiger partial charge < -0.3 is 9.64 Å².